The van der Waals surface area contributed by atoms with Crippen molar-refractivity contribution in [1.82, 2.24) is 10.3 Å². The van der Waals surface area contributed by atoms with Gasteiger partial charge >= 0.3 is 0 Å². The van der Waals surface area contributed by atoms with Crippen LogP contribution >= 0.6 is 11.3 Å². The summed E-state index contributed by atoms with van der Waals surface area (Å²) in [5.74, 6) is 0.793. The molecule has 1 aromatic heterocycles. The van der Waals surface area contributed by atoms with Crippen LogP contribution in [0, 0.1) is 11.3 Å². The Morgan fingerprint density at radius 2 is 2.05 bits per heavy atom. The lowest BCUT2D eigenvalue weighted by atomic mass is 10.0. The van der Waals surface area contributed by atoms with Crippen LogP contribution in [0.2, 0.25) is 0 Å². The molecule has 1 aliphatic carbocycles. The van der Waals surface area contributed by atoms with E-state index in [2.05, 4.69) is 55.7 Å². The van der Waals surface area contributed by atoms with Crippen molar-refractivity contribution in [2.75, 3.05) is 6.54 Å². The van der Waals surface area contributed by atoms with Gasteiger partial charge in [-0.1, -0.05) is 51.1 Å². The zero-order valence-electron chi connectivity index (χ0n) is 13.1. The van der Waals surface area contributed by atoms with Gasteiger partial charge in [0.25, 0.3) is 0 Å². The lowest BCUT2D eigenvalue weighted by Gasteiger charge is -2.18. The third-order valence-electron chi connectivity index (χ3n) is 4.56. The monoisotopic (exact) mass is 300 g/mol. The number of thiazole rings is 1. The van der Waals surface area contributed by atoms with Gasteiger partial charge in [-0.25, -0.2) is 4.98 Å². The van der Waals surface area contributed by atoms with Crippen molar-refractivity contribution in [2.24, 2.45) is 11.3 Å². The lowest BCUT2D eigenvalue weighted by molar-refractivity contribution is 0.409. The largest absolute Gasteiger partial charge is 0.314 e. The Morgan fingerprint density at radius 1 is 1.33 bits per heavy atom. The summed E-state index contributed by atoms with van der Waals surface area (Å²) in [4.78, 5) is 4.84. The average molecular weight is 300 g/mol. The fraction of sp³-hybridized carbons (Fsp3) is 0.500. The standard InChI is InChI=1S/C18H24N2S/c1-4-19-15(14-11-18(14,2)3)10-17-20-16(12-21-17)13-8-6-5-7-9-13/h5-9,12,14-15,19H,4,10-11H2,1-3H3. The molecule has 1 aliphatic rings. The second-order valence-corrected chi connectivity index (χ2v) is 7.60. The first-order valence-corrected chi connectivity index (χ1v) is 8.71. The quantitative estimate of drug-likeness (QED) is 0.856. The predicted octanol–water partition coefficient (Wildman–Crippen LogP) is 4.38. The van der Waals surface area contributed by atoms with E-state index in [1.807, 2.05) is 6.07 Å². The summed E-state index contributed by atoms with van der Waals surface area (Å²) in [6.07, 6.45) is 2.39. The highest BCUT2D eigenvalue weighted by molar-refractivity contribution is 7.09. The van der Waals surface area contributed by atoms with Crippen LogP contribution in [-0.4, -0.2) is 17.6 Å². The Balaban J connectivity index is 1.71. The van der Waals surface area contributed by atoms with Gasteiger partial charge in [-0.2, -0.15) is 0 Å². The first-order chi connectivity index (χ1) is 10.1. The number of nitrogens with one attached hydrogen (secondary N) is 1. The minimum absolute atomic E-state index is 0.506. The number of aromatic nitrogens is 1. The molecule has 1 fully saturated rings. The molecule has 0 saturated heterocycles. The third-order valence-corrected chi connectivity index (χ3v) is 5.43. The summed E-state index contributed by atoms with van der Waals surface area (Å²) >= 11 is 1.79. The van der Waals surface area contributed by atoms with Crippen LogP contribution in [0.3, 0.4) is 0 Å². The fourth-order valence-electron chi connectivity index (χ4n) is 3.15. The molecule has 2 aromatic rings. The van der Waals surface area contributed by atoms with E-state index in [-0.39, 0.29) is 0 Å². The molecule has 112 valence electrons. The van der Waals surface area contributed by atoms with E-state index < -0.39 is 0 Å². The topological polar surface area (TPSA) is 24.9 Å². The Kier molecular flexibility index (Phi) is 4.14. The van der Waals surface area contributed by atoms with Crippen molar-refractivity contribution in [2.45, 2.75) is 39.7 Å². The Labute approximate surface area is 131 Å². The number of rotatable bonds is 6. The second kappa shape index (κ2) is 5.90. The van der Waals surface area contributed by atoms with Crippen LogP contribution in [0.4, 0.5) is 0 Å². The molecular formula is C18H24N2S. The van der Waals surface area contributed by atoms with Crippen molar-refractivity contribution in [3.63, 3.8) is 0 Å². The molecule has 3 heteroatoms. The number of likely N-dealkylation sites (N-methyl/N-ethyl adjacent to an activating group) is 1. The summed E-state index contributed by atoms with van der Waals surface area (Å²) in [7, 11) is 0. The van der Waals surface area contributed by atoms with Crippen LogP contribution in [-0.2, 0) is 6.42 Å². The minimum Gasteiger partial charge on any atom is -0.314 e. The third kappa shape index (κ3) is 3.35. The van der Waals surface area contributed by atoms with Gasteiger partial charge in [0.2, 0.25) is 0 Å². The number of benzene rings is 1. The highest BCUT2D eigenvalue weighted by Crippen LogP contribution is 2.54. The van der Waals surface area contributed by atoms with Crippen molar-refractivity contribution in [3.8, 4) is 11.3 Å². The second-order valence-electron chi connectivity index (χ2n) is 6.66. The van der Waals surface area contributed by atoms with E-state index >= 15 is 0 Å². The van der Waals surface area contributed by atoms with Gasteiger partial charge in [0, 0.05) is 23.4 Å². The molecule has 3 rings (SSSR count). The summed E-state index contributed by atoms with van der Waals surface area (Å²) in [6, 6.07) is 11.0. The smallest absolute Gasteiger partial charge is 0.0948 e. The van der Waals surface area contributed by atoms with Crippen LogP contribution < -0.4 is 5.32 Å². The molecule has 0 radical (unpaired) electrons. The van der Waals surface area contributed by atoms with Gasteiger partial charge in [-0.05, 0) is 24.3 Å². The van der Waals surface area contributed by atoms with Crippen LogP contribution in [0.25, 0.3) is 11.3 Å². The fourth-order valence-corrected chi connectivity index (χ4v) is 4.01. The maximum absolute atomic E-state index is 4.84. The van der Waals surface area contributed by atoms with Crippen molar-refractivity contribution >= 4 is 11.3 Å². The van der Waals surface area contributed by atoms with E-state index in [9.17, 15) is 0 Å². The van der Waals surface area contributed by atoms with Gasteiger partial charge in [-0.3, -0.25) is 0 Å². The van der Waals surface area contributed by atoms with E-state index in [0.29, 0.717) is 11.5 Å². The van der Waals surface area contributed by atoms with E-state index in [0.717, 1.165) is 24.6 Å². The van der Waals surface area contributed by atoms with Crippen molar-refractivity contribution in [3.05, 3.63) is 40.7 Å². The van der Waals surface area contributed by atoms with Crippen LogP contribution in [0.5, 0.6) is 0 Å². The highest BCUT2D eigenvalue weighted by Gasteiger charge is 2.49. The summed E-state index contributed by atoms with van der Waals surface area (Å²) in [5.41, 5.74) is 2.83. The van der Waals surface area contributed by atoms with Crippen LogP contribution in [0.15, 0.2) is 35.7 Å². The zero-order chi connectivity index (χ0) is 14.9. The molecule has 2 unspecified atom stereocenters. The van der Waals surface area contributed by atoms with Gasteiger partial charge in [-0.15, -0.1) is 11.3 Å². The molecule has 1 heterocycles. The van der Waals surface area contributed by atoms with Crippen molar-refractivity contribution in [1.29, 1.82) is 0 Å². The Morgan fingerprint density at radius 3 is 2.67 bits per heavy atom. The number of hydrogen-bond acceptors (Lipinski definition) is 3. The van der Waals surface area contributed by atoms with Gasteiger partial charge in [0.1, 0.15) is 0 Å². The molecule has 2 nitrogen and oxygen atoms in total. The zero-order valence-corrected chi connectivity index (χ0v) is 13.9. The molecule has 1 N–H and O–H groups in total. The summed E-state index contributed by atoms with van der Waals surface area (Å²) < 4.78 is 0. The van der Waals surface area contributed by atoms with E-state index in [4.69, 9.17) is 4.98 Å². The first kappa shape index (κ1) is 14.7. The molecular weight excluding hydrogens is 276 g/mol. The lowest BCUT2D eigenvalue weighted by Crippen LogP contribution is -2.34. The molecule has 0 spiro atoms. The Hall–Kier alpha value is -1.19. The molecule has 21 heavy (non-hydrogen) atoms. The van der Waals surface area contributed by atoms with Gasteiger partial charge in [0.15, 0.2) is 0 Å². The summed E-state index contributed by atoms with van der Waals surface area (Å²) in [6.45, 7) is 7.98. The molecule has 0 bridgehead atoms. The maximum Gasteiger partial charge on any atom is 0.0948 e. The first-order valence-electron chi connectivity index (χ1n) is 7.83. The van der Waals surface area contributed by atoms with Gasteiger partial charge in [0.05, 0.1) is 10.7 Å². The molecule has 0 aliphatic heterocycles. The molecule has 1 saturated carbocycles. The van der Waals surface area contributed by atoms with E-state index in [1.54, 1.807) is 11.3 Å². The molecule has 1 aromatic carbocycles. The van der Waals surface area contributed by atoms with Gasteiger partial charge < -0.3 is 5.32 Å². The predicted molar refractivity (Wildman–Crippen MR) is 90.6 cm³/mol. The minimum atomic E-state index is 0.506. The number of nitrogens with zero attached hydrogens (tertiary/aromatic N) is 1. The maximum atomic E-state index is 4.84. The Bertz CT molecular complexity index is 588. The summed E-state index contributed by atoms with van der Waals surface area (Å²) in [5, 5.41) is 7.10. The van der Waals surface area contributed by atoms with Crippen molar-refractivity contribution < 1.29 is 0 Å². The molecule has 2 atom stereocenters. The van der Waals surface area contributed by atoms with E-state index in [1.165, 1.54) is 17.0 Å². The SMILES string of the molecule is CCNC(Cc1nc(-c2ccccc2)cs1)C1CC1(C)C. The number of hydrogen-bond donors (Lipinski definition) is 1. The van der Waals surface area contributed by atoms with Crippen LogP contribution in [0.1, 0.15) is 32.2 Å². The molecule has 0 amide bonds. The normalized spacial score (nSPS) is 21.2. The average Bonchev–Trinajstić information content (AvgIpc) is 2.90. The highest BCUT2D eigenvalue weighted by atomic mass is 32.1.